The quantitative estimate of drug-likeness (QED) is 0.442. The van der Waals surface area contributed by atoms with Crippen molar-refractivity contribution in [3.63, 3.8) is 0 Å². The predicted molar refractivity (Wildman–Crippen MR) is 83.0 cm³/mol. The molecule has 6 heteroatoms. The lowest BCUT2D eigenvalue weighted by Crippen LogP contribution is -2.37. The molecule has 1 saturated carbocycles. The molecule has 1 aliphatic heterocycles. The maximum Gasteiger partial charge on any atom is 0.223 e. The van der Waals surface area contributed by atoms with E-state index in [4.69, 9.17) is 5.73 Å². The van der Waals surface area contributed by atoms with Crippen molar-refractivity contribution in [2.24, 2.45) is 16.6 Å². The number of nitrogens with two attached hydrogens (primary N) is 1. The van der Waals surface area contributed by atoms with Gasteiger partial charge >= 0.3 is 0 Å². The number of nitrogens with zero attached hydrogens (tertiary/aromatic N) is 2. The van der Waals surface area contributed by atoms with Crippen molar-refractivity contribution in [1.82, 2.24) is 10.2 Å². The van der Waals surface area contributed by atoms with Gasteiger partial charge in [0.2, 0.25) is 5.91 Å². The van der Waals surface area contributed by atoms with Gasteiger partial charge < -0.3 is 16.0 Å². The molecule has 1 amide bonds. The molecule has 104 valence electrons. The van der Waals surface area contributed by atoms with E-state index in [0.29, 0.717) is 42.8 Å². The number of halogens is 1. The number of hydrogen-bond donors (Lipinski definition) is 2. The van der Waals surface area contributed by atoms with Crippen LogP contribution >= 0.6 is 24.0 Å². The second kappa shape index (κ2) is 6.58. The molecular formula is C12H23IN4O. The van der Waals surface area contributed by atoms with Gasteiger partial charge in [-0.1, -0.05) is 0 Å². The van der Waals surface area contributed by atoms with E-state index in [9.17, 15) is 4.79 Å². The van der Waals surface area contributed by atoms with Crippen LogP contribution in [-0.2, 0) is 4.79 Å². The average molecular weight is 366 g/mol. The van der Waals surface area contributed by atoms with Gasteiger partial charge in [0.15, 0.2) is 5.96 Å². The lowest BCUT2D eigenvalue weighted by Gasteiger charge is -2.15. The molecule has 1 unspecified atom stereocenters. The first kappa shape index (κ1) is 15.5. The fourth-order valence-corrected chi connectivity index (χ4v) is 2.24. The zero-order valence-corrected chi connectivity index (χ0v) is 13.4. The van der Waals surface area contributed by atoms with Gasteiger partial charge in [0.1, 0.15) is 0 Å². The van der Waals surface area contributed by atoms with Gasteiger partial charge in [0, 0.05) is 37.5 Å². The van der Waals surface area contributed by atoms with E-state index in [-0.39, 0.29) is 24.0 Å². The Hall–Kier alpha value is -0.530. The summed E-state index contributed by atoms with van der Waals surface area (Å²) >= 11 is 0. The van der Waals surface area contributed by atoms with E-state index in [1.54, 1.807) is 0 Å². The van der Waals surface area contributed by atoms with Crippen LogP contribution in [-0.4, -0.2) is 41.9 Å². The molecular weight excluding hydrogens is 343 g/mol. The zero-order valence-electron chi connectivity index (χ0n) is 11.1. The fourth-order valence-electron chi connectivity index (χ4n) is 2.24. The molecule has 1 saturated heterocycles. The summed E-state index contributed by atoms with van der Waals surface area (Å²) in [6.45, 7) is 5.56. The van der Waals surface area contributed by atoms with Crippen molar-refractivity contribution in [1.29, 1.82) is 0 Å². The molecule has 0 aromatic carbocycles. The van der Waals surface area contributed by atoms with E-state index in [0.717, 1.165) is 6.54 Å². The standard InChI is InChI=1S/C12H22N4O.HI/c1-8(2)15-12(13)14-6-9-5-11(17)16(7-9)10-3-4-10;/h8-10H,3-7H2,1-2H3,(H3,13,14,15);1H. The molecule has 1 aliphatic carbocycles. The van der Waals surface area contributed by atoms with Crippen molar-refractivity contribution in [3.05, 3.63) is 0 Å². The van der Waals surface area contributed by atoms with Crippen molar-refractivity contribution in [2.75, 3.05) is 13.1 Å². The summed E-state index contributed by atoms with van der Waals surface area (Å²) in [5.74, 6) is 1.12. The Morgan fingerprint density at radius 1 is 1.56 bits per heavy atom. The van der Waals surface area contributed by atoms with Crippen molar-refractivity contribution in [3.8, 4) is 0 Å². The molecule has 3 N–H and O–H groups in total. The Morgan fingerprint density at radius 3 is 2.78 bits per heavy atom. The number of likely N-dealkylation sites (tertiary alicyclic amines) is 1. The molecule has 1 heterocycles. The zero-order chi connectivity index (χ0) is 12.4. The summed E-state index contributed by atoms with van der Waals surface area (Å²) in [5, 5.41) is 3.05. The second-order valence-electron chi connectivity index (χ2n) is 5.37. The lowest BCUT2D eigenvalue weighted by molar-refractivity contribution is -0.128. The van der Waals surface area contributed by atoms with Crippen LogP contribution in [0.15, 0.2) is 4.99 Å². The van der Waals surface area contributed by atoms with E-state index < -0.39 is 0 Å². The van der Waals surface area contributed by atoms with Crippen LogP contribution in [0.5, 0.6) is 0 Å². The fraction of sp³-hybridized carbons (Fsp3) is 0.833. The highest BCUT2D eigenvalue weighted by Gasteiger charge is 2.38. The Morgan fingerprint density at radius 2 is 2.22 bits per heavy atom. The van der Waals surface area contributed by atoms with Crippen LogP contribution in [0.3, 0.4) is 0 Å². The number of nitrogens with one attached hydrogen (secondary N) is 1. The van der Waals surface area contributed by atoms with Crippen LogP contribution in [0.25, 0.3) is 0 Å². The maximum atomic E-state index is 11.7. The molecule has 2 fully saturated rings. The molecule has 1 atom stereocenters. The third kappa shape index (κ3) is 4.29. The maximum absolute atomic E-state index is 11.7. The summed E-state index contributed by atoms with van der Waals surface area (Å²) in [4.78, 5) is 18.0. The number of rotatable bonds is 4. The minimum Gasteiger partial charge on any atom is -0.370 e. The van der Waals surface area contributed by atoms with Crippen molar-refractivity contribution in [2.45, 2.75) is 45.2 Å². The van der Waals surface area contributed by atoms with Crippen LogP contribution < -0.4 is 11.1 Å². The first-order valence-corrected chi connectivity index (χ1v) is 6.42. The summed E-state index contributed by atoms with van der Waals surface area (Å²) in [6.07, 6.45) is 2.99. The van der Waals surface area contributed by atoms with Crippen LogP contribution in [0.2, 0.25) is 0 Å². The van der Waals surface area contributed by atoms with Gasteiger partial charge in [0.25, 0.3) is 0 Å². The molecule has 0 radical (unpaired) electrons. The molecule has 0 aromatic heterocycles. The minimum absolute atomic E-state index is 0. The van der Waals surface area contributed by atoms with E-state index in [1.807, 2.05) is 18.7 Å². The average Bonchev–Trinajstić information content (AvgIpc) is 2.99. The summed E-state index contributed by atoms with van der Waals surface area (Å²) in [6, 6.07) is 0.828. The summed E-state index contributed by atoms with van der Waals surface area (Å²) in [5.41, 5.74) is 5.73. The molecule has 5 nitrogen and oxygen atoms in total. The molecule has 2 rings (SSSR count). The topological polar surface area (TPSA) is 70.7 Å². The highest BCUT2D eigenvalue weighted by atomic mass is 127. The number of carbonyl (C=O) groups excluding carboxylic acids is 1. The number of carbonyl (C=O) groups is 1. The third-order valence-corrected chi connectivity index (χ3v) is 3.18. The predicted octanol–water partition coefficient (Wildman–Crippen LogP) is 0.928. The van der Waals surface area contributed by atoms with Crippen LogP contribution in [0, 0.1) is 5.92 Å². The van der Waals surface area contributed by atoms with Crippen LogP contribution in [0.4, 0.5) is 0 Å². The number of aliphatic imine (C=N–C) groups is 1. The van der Waals surface area contributed by atoms with Gasteiger partial charge in [-0.2, -0.15) is 0 Å². The van der Waals surface area contributed by atoms with Gasteiger partial charge in [0.05, 0.1) is 0 Å². The molecule has 0 aromatic rings. The largest absolute Gasteiger partial charge is 0.370 e. The first-order valence-electron chi connectivity index (χ1n) is 6.42. The molecule has 2 aliphatic rings. The Kier molecular flexibility index (Phi) is 5.68. The minimum atomic E-state index is 0. The number of amides is 1. The molecule has 18 heavy (non-hydrogen) atoms. The van der Waals surface area contributed by atoms with Gasteiger partial charge in [-0.25, -0.2) is 0 Å². The van der Waals surface area contributed by atoms with E-state index in [2.05, 4.69) is 10.3 Å². The van der Waals surface area contributed by atoms with Crippen molar-refractivity contribution >= 4 is 35.8 Å². The number of hydrogen-bond acceptors (Lipinski definition) is 2. The number of guanidine groups is 1. The van der Waals surface area contributed by atoms with Gasteiger partial charge in [-0.15, -0.1) is 24.0 Å². The van der Waals surface area contributed by atoms with Gasteiger partial charge in [-0.3, -0.25) is 9.79 Å². The van der Waals surface area contributed by atoms with E-state index >= 15 is 0 Å². The Bertz CT molecular complexity index is 328. The first-order chi connectivity index (χ1) is 8.06. The van der Waals surface area contributed by atoms with E-state index in [1.165, 1.54) is 12.8 Å². The van der Waals surface area contributed by atoms with Crippen molar-refractivity contribution < 1.29 is 4.79 Å². The van der Waals surface area contributed by atoms with Gasteiger partial charge in [-0.05, 0) is 26.7 Å². The highest BCUT2D eigenvalue weighted by Crippen LogP contribution is 2.32. The molecule has 0 spiro atoms. The Balaban J connectivity index is 0.00000162. The third-order valence-electron chi connectivity index (χ3n) is 3.18. The normalized spacial score (nSPS) is 24.4. The lowest BCUT2D eigenvalue weighted by atomic mass is 10.1. The summed E-state index contributed by atoms with van der Waals surface area (Å²) < 4.78 is 0. The summed E-state index contributed by atoms with van der Waals surface area (Å²) in [7, 11) is 0. The second-order valence-corrected chi connectivity index (χ2v) is 5.37. The monoisotopic (exact) mass is 366 g/mol. The Labute approximate surface area is 126 Å². The smallest absolute Gasteiger partial charge is 0.223 e. The SMILES string of the molecule is CC(C)NC(N)=NCC1CC(=O)N(C2CC2)C1.I. The highest BCUT2D eigenvalue weighted by molar-refractivity contribution is 14.0. The molecule has 0 bridgehead atoms. The van der Waals surface area contributed by atoms with Crippen LogP contribution in [0.1, 0.15) is 33.1 Å².